The first-order valence-corrected chi connectivity index (χ1v) is 4.09. The highest BCUT2D eigenvalue weighted by molar-refractivity contribution is 5.86. The summed E-state index contributed by atoms with van der Waals surface area (Å²) < 4.78 is 0. The van der Waals surface area contributed by atoms with Gasteiger partial charge in [0.15, 0.2) is 0 Å². The second kappa shape index (κ2) is 5.21. The van der Waals surface area contributed by atoms with Gasteiger partial charge in [0.2, 0.25) is 5.91 Å². The molecule has 0 saturated carbocycles. The molecule has 1 aliphatic rings. The Labute approximate surface area is 81.3 Å². The van der Waals surface area contributed by atoms with E-state index >= 15 is 0 Å². The molecular formula is C8H11N3O3. The molecule has 6 nitrogen and oxygen atoms in total. The molecule has 0 radical (unpaired) electrons. The van der Waals surface area contributed by atoms with E-state index < -0.39 is 6.04 Å². The lowest BCUT2D eigenvalue weighted by molar-refractivity contribution is -0.135. The van der Waals surface area contributed by atoms with Gasteiger partial charge >= 0.3 is 0 Å². The lowest BCUT2D eigenvalue weighted by Gasteiger charge is -2.22. The molecule has 76 valence electrons. The number of piperazine rings is 1. The molecule has 0 aromatic rings. The molecule has 0 aromatic heterocycles. The van der Waals surface area contributed by atoms with E-state index in [0.717, 1.165) is 0 Å². The monoisotopic (exact) mass is 197 g/mol. The minimum atomic E-state index is -0.467. The van der Waals surface area contributed by atoms with Crippen LogP contribution in [0.4, 0.5) is 0 Å². The average molecular weight is 197 g/mol. The highest BCUT2D eigenvalue weighted by Crippen LogP contribution is 1.88. The molecule has 1 fully saturated rings. The van der Waals surface area contributed by atoms with Crippen LogP contribution in [-0.4, -0.2) is 37.6 Å². The summed E-state index contributed by atoms with van der Waals surface area (Å²) in [5, 5.41) is 5.29. The quantitative estimate of drug-likeness (QED) is 0.271. The number of nitrogens with one attached hydrogen (secondary N) is 3. The molecule has 3 N–H and O–H groups in total. The molecule has 14 heavy (non-hydrogen) atoms. The van der Waals surface area contributed by atoms with Crippen molar-refractivity contribution >= 4 is 11.8 Å². The molecule has 6 heteroatoms. The summed E-state index contributed by atoms with van der Waals surface area (Å²) in [6.07, 6.45) is 4.91. The summed E-state index contributed by atoms with van der Waals surface area (Å²) in [6, 6.07) is -0.467. The predicted molar refractivity (Wildman–Crippen MR) is 47.7 cm³/mol. The number of amides is 2. The molecule has 2 amide bonds. The second-order valence-electron chi connectivity index (χ2n) is 2.70. The van der Waals surface area contributed by atoms with Gasteiger partial charge in [-0.2, -0.15) is 0 Å². The minimum absolute atomic E-state index is 0.0187. The number of carbonyl (C=O) groups excluding carboxylic acids is 2. The molecule has 1 atom stereocenters. The third kappa shape index (κ3) is 3.05. The molecule has 0 bridgehead atoms. The normalized spacial score (nSPS) is 20.8. The van der Waals surface area contributed by atoms with Gasteiger partial charge in [-0.1, -0.05) is 5.92 Å². The first kappa shape index (κ1) is 10.5. The minimum Gasteiger partial charge on any atom is -0.353 e. The number of rotatable bonds is 3. The van der Waals surface area contributed by atoms with E-state index in [2.05, 4.69) is 26.9 Å². The molecule has 1 rings (SSSR count). The van der Waals surface area contributed by atoms with Crippen LogP contribution in [-0.2, 0) is 14.4 Å². The zero-order chi connectivity index (χ0) is 10.4. The first-order valence-electron chi connectivity index (χ1n) is 4.09. The van der Waals surface area contributed by atoms with Crippen LogP contribution in [0.2, 0.25) is 0 Å². The van der Waals surface area contributed by atoms with Gasteiger partial charge in [0, 0.05) is 6.54 Å². The summed E-state index contributed by atoms with van der Waals surface area (Å²) in [6.45, 7) is 0.405. The van der Waals surface area contributed by atoms with Gasteiger partial charge in [-0.3, -0.25) is 19.7 Å². The summed E-state index contributed by atoms with van der Waals surface area (Å²) in [4.78, 5) is 26.6. The van der Waals surface area contributed by atoms with E-state index in [1.165, 1.54) is 0 Å². The summed E-state index contributed by atoms with van der Waals surface area (Å²) >= 11 is 0. The Kier molecular flexibility index (Phi) is 3.91. The first-order chi connectivity index (χ1) is 6.74. The molecule has 1 saturated heterocycles. The van der Waals surface area contributed by atoms with Gasteiger partial charge in [0.25, 0.3) is 5.91 Å². The molecule has 1 aliphatic heterocycles. The zero-order valence-corrected chi connectivity index (χ0v) is 7.50. The summed E-state index contributed by atoms with van der Waals surface area (Å²) in [5.74, 6) is 1.73. The molecule has 1 heterocycles. The third-order valence-corrected chi connectivity index (χ3v) is 1.66. The van der Waals surface area contributed by atoms with Gasteiger partial charge in [-0.25, -0.2) is 5.48 Å². The number of terminal acetylenes is 1. The molecule has 0 spiro atoms. The third-order valence-electron chi connectivity index (χ3n) is 1.66. The van der Waals surface area contributed by atoms with Crippen LogP contribution in [0.25, 0.3) is 0 Å². The standard InChI is InChI=1S/C8H11N3O3/c1-2-3-14-11-8(13)6-4-10-7(12)5-9-6/h1,6,9H,3-5H2,(H,10,12)(H,11,13). The van der Waals surface area contributed by atoms with E-state index in [1.807, 2.05) is 0 Å². The second-order valence-corrected chi connectivity index (χ2v) is 2.70. The number of carbonyl (C=O) groups is 2. The lowest BCUT2D eigenvalue weighted by Crippen LogP contribution is -2.57. The average Bonchev–Trinajstić information content (AvgIpc) is 2.19. The summed E-state index contributed by atoms with van der Waals surface area (Å²) in [7, 11) is 0. The largest absolute Gasteiger partial charge is 0.353 e. The van der Waals surface area contributed by atoms with Crippen LogP contribution in [0.1, 0.15) is 0 Å². The van der Waals surface area contributed by atoms with Crippen molar-refractivity contribution in [1.82, 2.24) is 16.1 Å². The van der Waals surface area contributed by atoms with Crippen LogP contribution >= 0.6 is 0 Å². The molecule has 1 unspecified atom stereocenters. The zero-order valence-electron chi connectivity index (χ0n) is 7.50. The van der Waals surface area contributed by atoms with Crippen molar-refractivity contribution in [2.24, 2.45) is 0 Å². The van der Waals surface area contributed by atoms with Crippen LogP contribution in [0.15, 0.2) is 0 Å². The Balaban J connectivity index is 2.24. The topological polar surface area (TPSA) is 79.5 Å². The van der Waals surface area contributed by atoms with Gasteiger partial charge in [-0.05, 0) is 0 Å². The van der Waals surface area contributed by atoms with Crippen molar-refractivity contribution in [2.45, 2.75) is 6.04 Å². The van der Waals surface area contributed by atoms with E-state index in [4.69, 9.17) is 6.42 Å². The fourth-order valence-corrected chi connectivity index (χ4v) is 0.972. The summed E-state index contributed by atoms with van der Waals surface area (Å²) in [5.41, 5.74) is 2.17. The SMILES string of the molecule is C#CCONC(=O)C1CNC(=O)CN1. The van der Waals surface area contributed by atoms with Gasteiger partial charge in [0.1, 0.15) is 12.6 Å². The van der Waals surface area contributed by atoms with Gasteiger partial charge in [0.05, 0.1) is 6.54 Å². The highest BCUT2D eigenvalue weighted by atomic mass is 16.6. The van der Waals surface area contributed by atoms with Crippen molar-refractivity contribution in [3.05, 3.63) is 0 Å². The van der Waals surface area contributed by atoms with Crippen LogP contribution < -0.4 is 16.1 Å². The highest BCUT2D eigenvalue weighted by Gasteiger charge is 2.23. The van der Waals surface area contributed by atoms with E-state index in [0.29, 0.717) is 0 Å². The number of hydrogen-bond acceptors (Lipinski definition) is 4. The fraction of sp³-hybridized carbons (Fsp3) is 0.500. The Morgan fingerprint density at radius 3 is 3.14 bits per heavy atom. The van der Waals surface area contributed by atoms with Crippen molar-refractivity contribution in [3.8, 4) is 12.3 Å². The Morgan fingerprint density at radius 1 is 1.79 bits per heavy atom. The molecule has 0 aromatic carbocycles. The van der Waals surface area contributed by atoms with Crippen LogP contribution in [0.3, 0.4) is 0 Å². The van der Waals surface area contributed by atoms with Crippen molar-refractivity contribution in [3.63, 3.8) is 0 Å². The maximum atomic E-state index is 11.3. The fourth-order valence-electron chi connectivity index (χ4n) is 0.972. The lowest BCUT2D eigenvalue weighted by atomic mass is 10.2. The van der Waals surface area contributed by atoms with Crippen molar-refractivity contribution in [2.75, 3.05) is 19.7 Å². The van der Waals surface area contributed by atoms with Gasteiger partial charge < -0.3 is 5.32 Å². The van der Waals surface area contributed by atoms with E-state index in [-0.39, 0.29) is 31.5 Å². The Morgan fingerprint density at radius 2 is 2.57 bits per heavy atom. The smallest absolute Gasteiger partial charge is 0.262 e. The van der Waals surface area contributed by atoms with Gasteiger partial charge in [-0.15, -0.1) is 6.42 Å². The van der Waals surface area contributed by atoms with Crippen molar-refractivity contribution in [1.29, 1.82) is 0 Å². The van der Waals surface area contributed by atoms with Crippen LogP contribution in [0.5, 0.6) is 0 Å². The number of hydroxylamine groups is 1. The molecule has 0 aliphatic carbocycles. The van der Waals surface area contributed by atoms with E-state index in [9.17, 15) is 9.59 Å². The maximum absolute atomic E-state index is 11.3. The molecular weight excluding hydrogens is 186 g/mol. The van der Waals surface area contributed by atoms with Crippen LogP contribution in [0, 0.1) is 12.3 Å². The van der Waals surface area contributed by atoms with E-state index in [1.54, 1.807) is 0 Å². The van der Waals surface area contributed by atoms with Crippen molar-refractivity contribution < 1.29 is 14.4 Å². The number of hydrogen-bond donors (Lipinski definition) is 3. The Hall–Kier alpha value is -1.58. The predicted octanol–water partition coefficient (Wildman–Crippen LogP) is -2.24. The Bertz CT molecular complexity index is 261. The maximum Gasteiger partial charge on any atom is 0.262 e.